The van der Waals surface area contributed by atoms with Gasteiger partial charge in [0.05, 0.1) is 6.54 Å². The smallest absolute Gasteiger partial charge is 0.183 e. The van der Waals surface area contributed by atoms with Crippen molar-refractivity contribution in [1.82, 2.24) is 25.0 Å². The molecule has 0 bridgehead atoms. The molecule has 0 aliphatic rings. The van der Waals surface area contributed by atoms with Gasteiger partial charge in [0.15, 0.2) is 11.2 Å². The summed E-state index contributed by atoms with van der Waals surface area (Å²) in [6.45, 7) is 0.585. The standard InChI is InChI=1S/C18H13BrClN5S/c19-14-5-1-13(2-6-14)10-26-18-16-17(21-11-22-18)25(24-23-16)9-12-3-7-15(20)8-4-12/h1-8,11H,9-10H2. The maximum absolute atomic E-state index is 5.94. The SMILES string of the molecule is Clc1ccc(Cn2nnc3c(SCc4ccc(Br)cc4)ncnc32)cc1. The molecule has 0 saturated carbocycles. The first-order valence-electron chi connectivity index (χ1n) is 7.85. The molecule has 0 radical (unpaired) electrons. The Hall–Kier alpha value is -1.96. The molecule has 4 aromatic rings. The zero-order valence-electron chi connectivity index (χ0n) is 13.5. The largest absolute Gasteiger partial charge is 0.227 e. The Morgan fingerprint density at radius 1 is 0.962 bits per heavy atom. The maximum atomic E-state index is 5.94. The zero-order valence-corrected chi connectivity index (χ0v) is 16.7. The van der Waals surface area contributed by atoms with Gasteiger partial charge in [-0.3, -0.25) is 0 Å². The van der Waals surface area contributed by atoms with Gasteiger partial charge in [-0.15, -0.1) is 5.10 Å². The predicted molar refractivity (Wildman–Crippen MR) is 107 cm³/mol. The van der Waals surface area contributed by atoms with Crippen LogP contribution in [0.1, 0.15) is 11.1 Å². The number of benzene rings is 2. The van der Waals surface area contributed by atoms with Crippen LogP contribution in [0, 0.1) is 0 Å². The Bertz CT molecular complexity index is 1030. The van der Waals surface area contributed by atoms with E-state index < -0.39 is 0 Å². The number of nitrogens with zero attached hydrogens (tertiary/aromatic N) is 5. The minimum Gasteiger partial charge on any atom is -0.227 e. The molecule has 0 unspecified atom stereocenters. The van der Waals surface area contributed by atoms with E-state index in [4.69, 9.17) is 11.6 Å². The molecule has 0 N–H and O–H groups in total. The number of thioether (sulfide) groups is 1. The fourth-order valence-electron chi connectivity index (χ4n) is 2.48. The lowest BCUT2D eigenvalue weighted by Gasteiger charge is -2.04. The summed E-state index contributed by atoms with van der Waals surface area (Å²) < 4.78 is 2.85. The van der Waals surface area contributed by atoms with Crippen LogP contribution < -0.4 is 0 Å². The van der Waals surface area contributed by atoms with Crippen LogP contribution in [-0.4, -0.2) is 25.0 Å². The fraction of sp³-hybridized carbons (Fsp3) is 0.111. The second kappa shape index (κ2) is 7.73. The maximum Gasteiger partial charge on any atom is 0.183 e. The highest BCUT2D eigenvalue weighted by Crippen LogP contribution is 2.26. The van der Waals surface area contributed by atoms with Crippen molar-refractivity contribution in [2.24, 2.45) is 0 Å². The molecular weight excluding hydrogens is 434 g/mol. The van der Waals surface area contributed by atoms with Crippen molar-refractivity contribution >= 4 is 50.5 Å². The quantitative estimate of drug-likeness (QED) is 0.320. The predicted octanol–water partition coefficient (Wildman–Crippen LogP) is 4.98. The average Bonchev–Trinajstić information content (AvgIpc) is 3.07. The number of rotatable bonds is 5. The number of hydrogen-bond acceptors (Lipinski definition) is 5. The second-order valence-corrected chi connectivity index (χ2v) is 7.96. The molecule has 26 heavy (non-hydrogen) atoms. The molecule has 0 amide bonds. The van der Waals surface area contributed by atoms with Crippen molar-refractivity contribution in [2.45, 2.75) is 17.3 Å². The zero-order chi connectivity index (χ0) is 17.9. The normalized spacial score (nSPS) is 11.2. The third kappa shape index (κ3) is 3.90. The minimum atomic E-state index is 0.585. The van der Waals surface area contributed by atoms with Crippen LogP contribution in [0.15, 0.2) is 64.4 Å². The van der Waals surface area contributed by atoms with Gasteiger partial charge >= 0.3 is 0 Å². The molecule has 2 aromatic carbocycles. The molecule has 0 fully saturated rings. The van der Waals surface area contributed by atoms with E-state index in [0.29, 0.717) is 11.6 Å². The minimum absolute atomic E-state index is 0.585. The second-order valence-electron chi connectivity index (χ2n) is 5.64. The first-order chi connectivity index (χ1) is 12.7. The number of hydrogen-bond donors (Lipinski definition) is 0. The van der Waals surface area contributed by atoms with Gasteiger partial charge in [-0.05, 0) is 35.4 Å². The Morgan fingerprint density at radius 2 is 1.69 bits per heavy atom. The van der Waals surface area contributed by atoms with Gasteiger partial charge in [0.2, 0.25) is 0 Å². The summed E-state index contributed by atoms with van der Waals surface area (Å²) in [7, 11) is 0. The molecule has 2 heterocycles. The molecular formula is C18H13BrClN5S. The fourth-order valence-corrected chi connectivity index (χ4v) is 3.76. The molecule has 5 nitrogen and oxygen atoms in total. The summed E-state index contributed by atoms with van der Waals surface area (Å²) in [6.07, 6.45) is 1.56. The molecule has 0 spiro atoms. The third-order valence-corrected chi connectivity index (χ3v) is 5.63. The number of fused-ring (bicyclic) bond motifs is 1. The summed E-state index contributed by atoms with van der Waals surface area (Å²) in [6, 6.07) is 15.9. The molecule has 8 heteroatoms. The highest BCUT2D eigenvalue weighted by molar-refractivity contribution is 9.10. The van der Waals surface area contributed by atoms with E-state index in [1.807, 2.05) is 36.4 Å². The highest BCUT2D eigenvalue weighted by Gasteiger charge is 2.12. The van der Waals surface area contributed by atoms with Crippen molar-refractivity contribution in [1.29, 1.82) is 0 Å². The summed E-state index contributed by atoms with van der Waals surface area (Å²) in [5.74, 6) is 0.809. The van der Waals surface area contributed by atoms with Gasteiger partial charge in [-0.1, -0.05) is 68.8 Å². The molecule has 4 rings (SSSR count). The van der Waals surface area contributed by atoms with E-state index in [2.05, 4.69) is 48.3 Å². The van der Waals surface area contributed by atoms with Crippen LogP contribution in [0.4, 0.5) is 0 Å². The number of aromatic nitrogens is 5. The number of halogens is 2. The molecule has 0 atom stereocenters. The third-order valence-electron chi connectivity index (χ3n) is 3.80. The molecule has 0 aliphatic carbocycles. The lowest BCUT2D eigenvalue weighted by molar-refractivity contribution is 0.664. The Morgan fingerprint density at radius 3 is 2.46 bits per heavy atom. The van der Waals surface area contributed by atoms with Crippen LogP contribution >= 0.6 is 39.3 Å². The van der Waals surface area contributed by atoms with E-state index in [-0.39, 0.29) is 0 Å². The Labute approximate surface area is 167 Å². The van der Waals surface area contributed by atoms with Crippen LogP contribution in [-0.2, 0) is 12.3 Å². The average molecular weight is 447 g/mol. The van der Waals surface area contributed by atoms with Crippen molar-refractivity contribution in [3.63, 3.8) is 0 Å². The van der Waals surface area contributed by atoms with Crippen molar-refractivity contribution in [2.75, 3.05) is 0 Å². The first kappa shape index (κ1) is 17.5. The lowest BCUT2D eigenvalue weighted by atomic mass is 10.2. The van der Waals surface area contributed by atoms with Gasteiger partial charge in [0.1, 0.15) is 11.4 Å². The summed E-state index contributed by atoms with van der Waals surface area (Å²) in [5.41, 5.74) is 3.76. The van der Waals surface area contributed by atoms with E-state index in [9.17, 15) is 0 Å². The van der Waals surface area contributed by atoms with Gasteiger partial charge < -0.3 is 0 Å². The van der Waals surface area contributed by atoms with E-state index in [0.717, 1.165) is 32.0 Å². The topological polar surface area (TPSA) is 56.5 Å². The lowest BCUT2D eigenvalue weighted by Crippen LogP contribution is -2.03. The van der Waals surface area contributed by atoms with Gasteiger partial charge in [0, 0.05) is 15.2 Å². The van der Waals surface area contributed by atoms with Gasteiger partial charge in [-0.2, -0.15) is 0 Å². The Kier molecular flexibility index (Phi) is 5.19. The first-order valence-corrected chi connectivity index (χ1v) is 10.0. The molecule has 130 valence electrons. The van der Waals surface area contributed by atoms with Gasteiger partial charge in [-0.25, -0.2) is 14.6 Å². The Balaban J connectivity index is 1.56. The van der Waals surface area contributed by atoms with Gasteiger partial charge in [0.25, 0.3) is 0 Å². The van der Waals surface area contributed by atoms with E-state index >= 15 is 0 Å². The van der Waals surface area contributed by atoms with Crippen LogP contribution in [0.5, 0.6) is 0 Å². The van der Waals surface area contributed by atoms with E-state index in [1.165, 1.54) is 5.56 Å². The van der Waals surface area contributed by atoms with Crippen LogP contribution in [0.25, 0.3) is 11.2 Å². The molecule has 2 aromatic heterocycles. The van der Waals surface area contributed by atoms with Crippen molar-refractivity contribution < 1.29 is 0 Å². The monoisotopic (exact) mass is 445 g/mol. The summed E-state index contributed by atoms with van der Waals surface area (Å²) in [4.78, 5) is 8.74. The van der Waals surface area contributed by atoms with Crippen LogP contribution in [0.3, 0.4) is 0 Å². The highest BCUT2D eigenvalue weighted by atomic mass is 79.9. The molecule has 0 saturated heterocycles. The van der Waals surface area contributed by atoms with E-state index in [1.54, 1.807) is 22.8 Å². The summed E-state index contributed by atoms with van der Waals surface area (Å²) in [5, 5.41) is 10.1. The summed E-state index contributed by atoms with van der Waals surface area (Å²) >= 11 is 11.0. The molecule has 0 aliphatic heterocycles. The van der Waals surface area contributed by atoms with Crippen molar-refractivity contribution in [3.8, 4) is 0 Å². The van der Waals surface area contributed by atoms with Crippen LogP contribution in [0.2, 0.25) is 5.02 Å². The van der Waals surface area contributed by atoms with Crippen molar-refractivity contribution in [3.05, 3.63) is 75.5 Å².